The van der Waals surface area contributed by atoms with Crippen LogP contribution in [0, 0.1) is 0 Å². The Morgan fingerprint density at radius 3 is 2.26 bits per heavy atom. The molecular weight excluding hydrogens is 539 g/mol. The average Bonchev–Trinajstić information content (AvgIpc) is 2.85. The van der Waals surface area contributed by atoms with Gasteiger partial charge in [0, 0.05) is 31.8 Å². The summed E-state index contributed by atoms with van der Waals surface area (Å²) in [5.41, 5.74) is 3.92. The minimum Gasteiger partial charge on any atom is -0.491 e. The second kappa shape index (κ2) is 14.2. The molecule has 180 valence electrons. The predicted octanol–water partition coefficient (Wildman–Crippen LogP) is 4.81. The van der Waals surface area contributed by atoms with Crippen molar-refractivity contribution in [3.63, 3.8) is 0 Å². The molecule has 7 heteroatoms. The van der Waals surface area contributed by atoms with Crippen molar-refractivity contribution >= 4 is 35.8 Å². The maximum atomic E-state index is 12.0. The first-order valence-corrected chi connectivity index (χ1v) is 11.2. The van der Waals surface area contributed by atoms with Crippen LogP contribution in [-0.2, 0) is 6.54 Å². The highest BCUT2D eigenvalue weighted by Crippen LogP contribution is 2.29. The third-order valence-corrected chi connectivity index (χ3v) is 4.99. The highest BCUT2D eigenvalue weighted by molar-refractivity contribution is 14.0. The number of benzene rings is 3. The maximum absolute atomic E-state index is 12.0. The number of hydrogen-bond acceptors (Lipinski definition) is 3. The summed E-state index contributed by atoms with van der Waals surface area (Å²) in [4.78, 5) is 18.2. The summed E-state index contributed by atoms with van der Waals surface area (Å²) in [6, 6.07) is 25.9. The van der Waals surface area contributed by atoms with E-state index in [1.54, 1.807) is 19.0 Å². The lowest BCUT2D eigenvalue weighted by Gasteiger charge is -2.14. The van der Waals surface area contributed by atoms with Crippen molar-refractivity contribution in [1.29, 1.82) is 0 Å². The Labute approximate surface area is 219 Å². The van der Waals surface area contributed by atoms with Crippen molar-refractivity contribution < 1.29 is 9.53 Å². The van der Waals surface area contributed by atoms with Gasteiger partial charge in [0.05, 0.1) is 13.1 Å². The molecule has 0 saturated carbocycles. The van der Waals surface area contributed by atoms with Crippen LogP contribution >= 0.6 is 24.0 Å². The van der Waals surface area contributed by atoms with E-state index in [4.69, 9.17) is 4.74 Å². The molecule has 0 unspecified atom stereocenters. The molecule has 0 aliphatic carbocycles. The number of guanidine groups is 1. The van der Waals surface area contributed by atoms with Crippen molar-refractivity contribution in [3.05, 3.63) is 90.0 Å². The summed E-state index contributed by atoms with van der Waals surface area (Å²) < 4.78 is 6.06. The van der Waals surface area contributed by atoms with Crippen molar-refractivity contribution in [1.82, 2.24) is 15.5 Å². The lowest BCUT2D eigenvalue weighted by Crippen LogP contribution is -2.39. The van der Waals surface area contributed by atoms with Gasteiger partial charge in [-0.2, -0.15) is 0 Å². The molecule has 2 N–H and O–H groups in total. The van der Waals surface area contributed by atoms with Crippen LogP contribution < -0.4 is 15.4 Å². The molecule has 0 saturated heterocycles. The molecular formula is C27H33IN4O2. The van der Waals surface area contributed by atoms with Gasteiger partial charge in [-0.05, 0) is 36.2 Å². The molecule has 0 atom stereocenters. The third kappa shape index (κ3) is 8.06. The molecule has 3 aromatic rings. The zero-order valence-electron chi connectivity index (χ0n) is 20.0. The smallest absolute Gasteiger partial charge is 0.253 e. The Bertz CT molecular complexity index is 1050. The molecule has 34 heavy (non-hydrogen) atoms. The highest BCUT2D eigenvalue weighted by Gasteiger charge is 2.08. The molecule has 0 aromatic heterocycles. The summed E-state index contributed by atoms with van der Waals surface area (Å²) in [7, 11) is 3.50. The molecule has 6 nitrogen and oxygen atoms in total. The summed E-state index contributed by atoms with van der Waals surface area (Å²) in [5, 5.41) is 6.57. The first-order chi connectivity index (χ1) is 16.1. The van der Waals surface area contributed by atoms with Crippen molar-refractivity contribution in [2.24, 2.45) is 4.99 Å². The van der Waals surface area contributed by atoms with Gasteiger partial charge in [0.2, 0.25) is 0 Å². The van der Waals surface area contributed by atoms with Crippen LogP contribution in [-0.4, -0.2) is 50.6 Å². The van der Waals surface area contributed by atoms with Crippen LogP contribution in [0.1, 0.15) is 22.8 Å². The van der Waals surface area contributed by atoms with Gasteiger partial charge in [0.25, 0.3) is 5.91 Å². The van der Waals surface area contributed by atoms with E-state index in [0.717, 1.165) is 34.9 Å². The molecule has 0 radical (unpaired) electrons. The zero-order valence-corrected chi connectivity index (χ0v) is 22.3. The van der Waals surface area contributed by atoms with E-state index in [0.29, 0.717) is 25.3 Å². The number of carbonyl (C=O) groups is 1. The van der Waals surface area contributed by atoms with Gasteiger partial charge in [-0.1, -0.05) is 60.7 Å². The van der Waals surface area contributed by atoms with E-state index in [9.17, 15) is 4.79 Å². The van der Waals surface area contributed by atoms with E-state index in [1.807, 2.05) is 67.6 Å². The normalized spacial score (nSPS) is 10.7. The molecule has 0 bridgehead atoms. The lowest BCUT2D eigenvalue weighted by molar-refractivity contribution is 0.0827. The van der Waals surface area contributed by atoms with Crippen LogP contribution in [0.15, 0.2) is 83.9 Å². The Morgan fingerprint density at radius 1 is 0.912 bits per heavy atom. The fourth-order valence-corrected chi connectivity index (χ4v) is 3.30. The number of nitrogens with zero attached hydrogens (tertiary/aromatic N) is 2. The summed E-state index contributed by atoms with van der Waals surface area (Å²) >= 11 is 0. The molecule has 1 amide bonds. The number of nitrogens with one attached hydrogen (secondary N) is 2. The molecule has 0 aliphatic heterocycles. The van der Waals surface area contributed by atoms with Crippen LogP contribution in [0.4, 0.5) is 0 Å². The van der Waals surface area contributed by atoms with Gasteiger partial charge in [-0.15, -0.1) is 24.0 Å². The minimum atomic E-state index is -0.00565. The quantitative estimate of drug-likeness (QED) is 0.167. The number of carbonyl (C=O) groups excluding carboxylic acids is 1. The summed E-state index contributed by atoms with van der Waals surface area (Å²) in [5.74, 6) is 1.58. The highest BCUT2D eigenvalue weighted by atomic mass is 127. The van der Waals surface area contributed by atoms with Crippen LogP contribution in [0.25, 0.3) is 11.1 Å². The van der Waals surface area contributed by atoms with Crippen molar-refractivity contribution in [3.8, 4) is 16.9 Å². The second-order valence-electron chi connectivity index (χ2n) is 7.73. The summed E-state index contributed by atoms with van der Waals surface area (Å²) in [6.07, 6.45) is 0. The van der Waals surface area contributed by atoms with Gasteiger partial charge in [0.1, 0.15) is 12.4 Å². The van der Waals surface area contributed by atoms with Gasteiger partial charge >= 0.3 is 0 Å². The molecule has 0 fully saturated rings. The number of para-hydroxylation sites is 1. The zero-order chi connectivity index (χ0) is 23.5. The third-order valence-electron chi connectivity index (χ3n) is 4.99. The molecule has 0 spiro atoms. The van der Waals surface area contributed by atoms with Gasteiger partial charge in [-0.3, -0.25) is 4.79 Å². The van der Waals surface area contributed by atoms with Gasteiger partial charge < -0.3 is 20.3 Å². The van der Waals surface area contributed by atoms with E-state index in [1.165, 1.54) is 0 Å². The average molecular weight is 572 g/mol. The Morgan fingerprint density at radius 2 is 1.59 bits per heavy atom. The Hall–Kier alpha value is -3.07. The van der Waals surface area contributed by atoms with E-state index >= 15 is 0 Å². The number of aliphatic imine (C=N–C) groups is 1. The number of ether oxygens (including phenoxy) is 1. The Kier molecular flexibility index (Phi) is 11.4. The first-order valence-electron chi connectivity index (χ1n) is 11.2. The number of halogens is 1. The standard InChI is InChI=1S/C27H32N4O2.HI/c1-4-28-27(30-20-21-14-16-23(17-15-21)26(32)31(2)3)29-18-19-33-25-13-9-8-12-24(25)22-10-6-5-7-11-22;/h5-17H,4,18-20H2,1-3H3,(H2,28,29,30);1H. The first kappa shape index (κ1) is 27.2. The number of hydrogen-bond donors (Lipinski definition) is 2. The van der Waals surface area contributed by atoms with Crippen LogP contribution in [0.3, 0.4) is 0 Å². The fourth-order valence-electron chi connectivity index (χ4n) is 3.30. The SMILES string of the molecule is CCNC(=NCc1ccc(C(=O)N(C)C)cc1)NCCOc1ccccc1-c1ccccc1.I. The lowest BCUT2D eigenvalue weighted by atomic mass is 10.1. The molecule has 0 aliphatic rings. The van der Waals surface area contributed by atoms with E-state index < -0.39 is 0 Å². The maximum Gasteiger partial charge on any atom is 0.253 e. The second-order valence-corrected chi connectivity index (χ2v) is 7.73. The van der Waals surface area contributed by atoms with Crippen molar-refractivity contribution in [2.45, 2.75) is 13.5 Å². The van der Waals surface area contributed by atoms with Crippen molar-refractivity contribution in [2.75, 3.05) is 33.8 Å². The van der Waals surface area contributed by atoms with Gasteiger partial charge in [-0.25, -0.2) is 4.99 Å². The summed E-state index contributed by atoms with van der Waals surface area (Å²) in [6.45, 7) is 4.44. The monoisotopic (exact) mass is 572 g/mol. The Balaban J connectivity index is 0.00000408. The fraction of sp³-hybridized carbons (Fsp3) is 0.259. The predicted molar refractivity (Wildman–Crippen MR) is 150 cm³/mol. The van der Waals surface area contributed by atoms with Crippen LogP contribution in [0.2, 0.25) is 0 Å². The van der Waals surface area contributed by atoms with Gasteiger partial charge in [0.15, 0.2) is 5.96 Å². The largest absolute Gasteiger partial charge is 0.491 e. The number of amides is 1. The van der Waals surface area contributed by atoms with Crippen LogP contribution in [0.5, 0.6) is 5.75 Å². The molecule has 0 heterocycles. The molecule has 3 aromatic carbocycles. The topological polar surface area (TPSA) is 66.0 Å². The molecule has 3 rings (SSSR count). The number of rotatable bonds is 9. The minimum absolute atomic E-state index is 0. The van der Waals surface area contributed by atoms with E-state index in [-0.39, 0.29) is 29.9 Å². The van der Waals surface area contributed by atoms with E-state index in [2.05, 4.69) is 33.8 Å².